The lowest BCUT2D eigenvalue weighted by Crippen LogP contribution is -2.24. The topological polar surface area (TPSA) is 71.4 Å². The van der Waals surface area contributed by atoms with Crippen molar-refractivity contribution >= 4 is 33.0 Å². The Morgan fingerprint density at radius 2 is 1.94 bits per heavy atom. The first-order valence-corrected chi connectivity index (χ1v) is 7.09. The minimum Gasteiger partial charge on any atom is -0.481 e. The summed E-state index contributed by atoms with van der Waals surface area (Å²) in [5.41, 5.74) is -0.583. The van der Waals surface area contributed by atoms with Crippen molar-refractivity contribution in [1.29, 1.82) is 0 Å². The van der Waals surface area contributed by atoms with Crippen molar-refractivity contribution in [3.05, 3.63) is 34.2 Å². The van der Waals surface area contributed by atoms with Crippen molar-refractivity contribution in [2.45, 2.75) is 18.7 Å². The second-order valence-electron chi connectivity index (χ2n) is 4.65. The lowest BCUT2D eigenvalue weighted by molar-refractivity contribution is -0.143. The molecule has 0 bridgehead atoms. The monoisotopic (exact) mass is 286 g/mol. The summed E-state index contributed by atoms with van der Waals surface area (Å²) in [6.07, 6.45) is 0. The van der Waals surface area contributed by atoms with Gasteiger partial charge >= 0.3 is 5.97 Å². The van der Waals surface area contributed by atoms with Crippen LogP contribution in [-0.4, -0.2) is 19.5 Å². The van der Waals surface area contributed by atoms with E-state index in [-0.39, 0.29) is 10.5 Å². The molecule has 0 fully saturated rings. The van der Waals surface area contributed by atoms with Gasteiger partial charge in [0, 0.05) is 10.4 Å². The van der Waals surface area contributed by atoms with Gasteiger partial charge in [-0.2, -0.15) is 0 Å². The third-order valence-electron chi connectivity index (χ3n) is 3.02. The number of benzene rings is 1. The van der Waals surface area contributed by atoms with E-state index in [2.05, 4.69) is 0 Å². The van der Waals surface area contributed by atoms with Crippen LogP contribution in [0.3, 0.4) is 0 Å². The van der Waals surface area contributed by atoms with Gasteiger partial charge in [0.05, 0.1) is 10.3 Å². The molecule has 1 aliphatic rings. The third kappa shape index (κ3) is 1.83. The van der Waals surface area contributed by atoms with Gasteiger partial charge in [0.1, 0.15) is 0 Å². The molecule has 0 aliphatic carbocycles. The zero-order valence-electron chi connectivity index (χ0n) is 9.77. The predicted octanol–water partition coefficient (Wildman–Crippen LogP) is 2.58. The molecule has 0 amide bonds. The van der Waals surface area contributed by atoms with Crippen molar-refractivity contribution in [1.82, 2.24) is 0 Å². The molecule has 1 N–H and O–H groups in total. The van der Waals surface area contributed by atoms with Crippen molar-refractivity contribution < 1.29 is 18.3 Å². The van der Waals surface area contributed by atoms with Crippen molar-refractivity contribution in [2.75, 3.05) is 0 Å². The summed E-state index contributed by atoms with van der Waals surface area (Å²) < 4.78 is 23.9. The van der Waals surface area contributed by atoms with Crippen LogP contribution in [0.1, 0.15) is 19.4 Å². The number of sulfone groups is 1. The van der Waals surface area contributed by atoms with Gasteiger partial charge < -0.3 is 5.11 Å². The quantitative estimate of drug-likeness (QED) is 0.907. The maximum absolute atomic E-state index is 12.0. The van der Waals surface area contributed by atoms with Gasteiger partial charge in [-0.25, -0.2) is 8.42 Å². The summed E-state index contributed by atoms with van der Waals surface area (Å²) in [6.45, 7) is 2.95. The van der Waals surface area contributed by atoms with E-state index in [1.54, 1.807) is 12.1 Å². The fraction of sp³-hybridized carbons (Fsp3) is 0.250. The average molecular weight is 287 g/mol. The maximum Gasteiger partial charge on any atom is 0.313 e. The number of carboxylic acids is 1. The number of hydrogen-bond acceptors (Lipinski definition) is 3. The SMILES string of the molecule is CC(C)(C(=O)O)C1=CS(=O)(=O)c2cc(Cl)ccc21. The van der Waals surface area contributed by atoms with E-state index in [1.807, 2.05) is 0 Å². The van der Waals surface area contributed by atoms with Gasteiger partial charge in [-0.3, -0.25) is 4.79 Å². The Hall–Kier alpha value is -1.33. The van der Waals surface area contributed by atoms with E-state index in [0.29, 0.717) is 10.6 Å². The van der Waals surface area contributed by atoms with E-state index in [4.69, 9.17) is 11.6 Å². The largest absolute Gasteiger partial charge is 0.481 e. The number of fused-ring (bicyclic) bond motifs is 1. The molecule has 0 atom stereocenters. The molecular weight excluding hydrogens is 276 g/mol. The van der Waals surface area contributed by atoms with Gasteiger partial charge in [-0.1, -0.05) is 17.7 Å². The fourth-order valence-corrected chi connectivity index (χ4v) is 3.71. The first-order valence-electron chi connectivity index (χ1n) is 5.17. The highest BCUT2D eigenvalue weighted by atomic mass is 35.5. The van der Waals surface area contributed by atoms with Crippen LogP contribution in [0.4, 0.5) is 0 Å². The third-order valence-corrected chi connectivity index (χ3v) is 4.75. The Morgan fingerprint density at radius 1 is 1.33 bits per heavy atom. The lowest BCUT2D eigenvalue weighted by Gasteiger charge is -2.21. The minimum atomic E-state index is -3.60. The second kappa shape index (κ2) is 3.83. The predicted molar refractivity (Wildman–Crippen MR) is 68.0 cm³/mol. The van der Waals surface area contributed by atoms with Gasteiger partial charge in [0.15, 0.2) is 0 Å². The molecule has 1 aromatic rings. The molecule has 18 heavy (non-hydrogen) atoms. The smallest absolute Gasteiger partial charge is 0.313 e. The number of rotatable bonds is 2. The number of carbonyl (C=O) groups is 1. The molecule has 0 saturated carbocycles. The molecule has 0 aromatic heterocycles. The van der Waals surface area contributed by atoms with E-state index >= 15 is 0 Å². The van der Waals surface area contributed by atoms with Crippen LogP contribution in [0.25, 0.3) is 5.57 Å². The first-order chi connectivity index (χ1) is 8.16. The normalized spacial score (nSPS) is 17.2. The fourth-order valence-electron chi connectivity index (χ4n) is 1.84. The zero-order valence-corrected chi connectivity index (χ0v) is 11.3. The molecule has 2 rings (SSSR count). The molecule has 1 aromatic carbocycles. The number of aliphatic carboxylic acids is 1. The van der Waals surface area contributed by atoms with E-state index < -0.39 is 21.2 Å². The lowest BCUT2D eigenvalue weighted by atomic mass is 9.81. The van der Waals surface area contributed by atoms with Crippen LogP contribution >= 0.6 is 11.6 Å². The average Bonchev–Trinajstić information content (AvgIpc) is 2.51. The number of halogens is 1. The molecule has 4 nitrogen and oxygen atoms in total. The summed E-state index contributed by atoms with van der Waals surface area (Å²) in [4.78, 5) is 11.3. The summed E-state index contributed by atoms with van der Waals surface area (Å²) >= 11 is 5.77. The Labute approximate surface area is 110 Å². The Morgan fingerprint density at radius 3 is 2.50 bits per heavy atom. The molecular formula is C12H11ClO4S. The van der Waals surface area contributed by atoms with Crippen LogP contribution < -0.4 is 0 Å². The molecule has 96 valence electrons. The highest BCUT2D eigenvalue weighted by molar-refractivity contribution is 7.95. The molecule has 0 radical (unpaired) electrons. The highest BCUT2D eigenvalue weighted by Gasteiger charge is 2.40. The molecule has 1 aliphatic heterocycles. The molecule has 0 unspecified atom stereocenters. The standard InChI is InChI=1S/C12H11ClO4S/c1-12(2,11(14)15)9-6-18(16,17)10-5-7(13)3-4-8(9)10/h3-6H,1-2H3,(H,14,15). The maximum atomic E-state index is 12.0. The number of carboxylic acid groups (broad SMARTS) is 1. The summed E-state index contributed by atoms with van der Waals surface area (Å²) in [6, 6.07) is 4.43. The van der Waals surface area contributed by atoms with Crippen molar-refractivity contribution in [3.63, 3.8) is 0 Å². The first kappa shape index (κ1) is 13.1. The van der Waals surface area contributed by atoms with Gasteiger partial charge in [-0.15, -0.1) is 0 Å². The van der Waals surface area contributed by atoms with E-state index in [9.17, 15) is 18.3 Å². The van der Waals surface area contributed by atoms with E-state index in [0.717, 1.165) is 5.41 Å². The number of hydrogen-bond donors (Lipinski definition) is 1. The van der Waals surface area contributed by atoms with Crippen LogP contribution in [-0.2, 0) is 14.6 Å². The van der Waals surface area contributed by atoms with Crippen LogP contribution in [0.2, 0.25) is 5.02 Å². The highest BCUT2D eigenvalue weighted by Crippen LogP contribution is 2.44. The Kier molecular flexibility index (Phi) is 2.79. The summed E-state index contributed by atoms with van der Waals surface area (Å²) in [7, 11) is -3.60. The summed E-state index contributed by atoms with van der Waals surface area (Å²) in [5.74, 6) is -1.08. The van der Waals surface area contributed by atoms with Crippen LogP contribution in [0, 0.1) is 5.41 Å². The van der Waals surface area contributed by atoms with Gasteiger partial charge in [0.2, 0.25) is 9.84 Å². The van der Waals surface area contributed by atoms with Crippen molar-refractivity contribution in [3.8, 4) is 0 Å². The minimum absolute atomic E-state index is 0.0688. The Bertz CT molecular complexity index is 671. The van der Waals surface area contributed by atoms with E-state index in [1.165, 1.54) is 19.9 Å². The van der Waals surface area contributed by atoms with Crippen molar-refractivity contribution in [2.24, 2.45) is 5.41 Å². The zero-order chi connectivity index (χ0) is 13.7. The molecule has 6 heteroatoms. The van der Waals surface area contributed by atoms with Crippen LogP contribution in [0.5, 0.6) is 0 Å². The van der Waals surface area contributed by atoms with Crippen LogP contribution in [0.15, 0.2) is 28.5 Å². The summed E-state index contributed by atoms with van der Waals surface area (Å²) in [5, 5.41) is 10.5. The molecule has 0 spiro atoms. The Balaban J connectivity index is 2.73. The van der Waals surface area contributed by atoms with Gasteiger partial charge in [-0.05, 0) is 37.1 Å². The molecule has 1 heterocycles. The van der Waals surface area contributed by atoms with Gasteiger partial charge in [0.25, 0.3) is 0 Å². The second-order valence-corrected chi connectivity index (χ2v) is 6.85. The molecule has 0 saturated heterocycles.